The summed E-state index contributed by atoms with van der Waals surface area (Å²) in [7, 11) is 0. The Bertz CT molecular complexity index is 457. The van der Waals surface area contributed by atoms with Crippen molar-refractivity contribution in [3.63, 3.8) is 0 Å². The molecule has 2 amide bonds. The number of hydrogen-bond acceptors (Lipinski definition) is 4. The SMILES string of the molecule is O=C(CN1CCCC(C(=O)N2CCOCC2)C1)NC1CCCCCCC1. The minimum Gasteiger partial charge on any atom is -0.378 e. The van der Waals surface area contributed by atoms with Gasteiger partial charge in [-0.25, -0.2) is 0 Å². The van der Waals surface area contributed by atoms with Gasteiger partial charge in [0.1, 0.15) is 0 Å². The minimum absolute atomic E-state index is 0.0380. The van der Waals surface area contributed by atoms with Crippen LogP contribution in [0.2, 0.25) is 0 Å². The second-order valence-corrected chi connectivity index (χ2v) is 8.12. The van der Waals surface area contributed by atoms with Gasteiger partial charge in [0.15, 0.2) is 0 Å². The lowest BCUT2D eigenvalue weighted by Gasteiger charge is -2.36. The maximum Gasteiger partial charge on any atom is 0.234 e. The Balaban J connectivity index is 1.43. The van der Waals surface area contributed by atoms with E-state index in [1.54, 1.807) is 0 Å². The molecule has 3 rings (SSSR count). The van der Waals surface area contributed by atoms with E-state index >= 15 is 0 Å². The molecule has 3 fully saturated rings. The zero-order valence-corrected chi connectivity index (χ0v) is 16.1. The molecule has 0 radical (unpaired) electrons. The number of nitrogens with one attached hydrogen (secondary N) is 1. The van der Waals surface area contributed by atoms with Crippen LogP contribution in [0, 0.1) is 5.92 Å². The first-order chi connectivity index (χ1) is 12.7. The number of carbonyl (C=O) groups excluding carboxylic acids is 2. The number of amides is 2. The lowest BCUT2D eigenvalue weighted by molar-refractivity contribution is -0.142. The van der Waals surface area contributed by atoms with Gasteiger partial charge in [0.2, 0.25) is 11.8 Å². The summed E-state index contributed by atoms with van der Waals surface area (Å²) in [4.78, 5) is 29.3. The molecule has 6 nitrogen and oxygen atoms in total. The summed E-state index contributed by atoms with van der Waals surface area (Å²) in [6, 6.07) is 0.346. The number of hydrogen-bond donors (Lipinski definition) is 1. The highest BCUT2D eigenvalue weighted by atomic mass is 16.5. The molecule has 6 heteroatoms. The Kier molecular flexibility index (Phi) is 7.74. The molecule has 0 bridgehead atoms. The average molecular weight is 366 g/mol. The fourth-order valence-electron chi connectivity index (χ4n) is 4.52. The third-order valence-electron chi connectivity index (χ3n) is 6.02. The highest BCUT2D eigenvalue weighted by Crippen LogP contribution is 2.20. The molecule has 0 aromatic rings. The molecule has 1 unspecified atom stereocenters. The van der Waals surface area contributed by atoms with E-state index < -0.39 is 0 Å². The van der Waals surface area contributed by atoms with Crippen LogP contribution >= 0.6 is 0 Å². The summed E-state index contributed by atoms with van der Waals surface area (Å²) in [5.41, 5.74) is 0. The molecule has 2 saturated heterocycles. The maximum atomic E-state index is 12.7. The van der Waals surface area contributed by atoms with Crippen LogP contribution in [0.5, 0.6) is 0 Å². The number of likely N-dealkylation sites (tertiary alicyclic amines) is 1. The molecule has 2 aliphatic heterocycles. The van der Waals surface area contributed by atoms with Crippen LogP contribution in [-0.2, 0) is 14.3 Å². The molecule has 26 heavy (non-hydrogen) atoms. The first-order valence-electron chi connectivity index (χ1n) is 10.6. The van der Waals surface area contributed by atoms with Gasteiger partial charge in [0.25, 0.3) is 0 Å². The lowest BCUT2D eigenvalue weighted by atomic mass is 9.96. The molecule has 1 saturated carbocycles. The summed E-state index contributed by atoms with van der Waals surface area (Å²) in [5, 5.41) is 3.25. The average Bonchev–Trinajstić information content (AvgIpc) is 2.64. The number of rotatable bonds is 4. The van der Waals surface area contributed by atoms with Crippen molar-refractivity contribution >= 4 is 11.8 Å². The lowest BCUT2D eigenvalue weighted by Crippen LogP contribution is -2.50. The van der Waals surface area contributed by atoms with Gasteiger partial charge in [-0.05, 0) is 32.2 Å². The van der Waals surface area contributed by atoms with Crippen molar-refractivity contribution in [3.05, 3.63) is 0 Å². The predicted molar refractivity (Wildman–Crippen MR) is 101 cm³/mol. The van der Waals surface area contributed by atoms with E-state index in [1.165, 1.54) is 32.1 Å². The van der Waals surface area contributed by atoms with Crippen molar-refractivity contribution in [3.8, 4) is 0 Å². The largest absolute Gasteiger partial charge is 0.378 e. The molecule has 3 aliphatic rings. The Morgan fingerprint density at radius 3 is 2.31 bits per heavy atom. The van der Waals surface area contributed by atoms with Gasteiger partial charge in [-0.15, -0.1) is 0 Å². The summed E-state index contributed by atoms with van der Waals surface area (Å²) in [6.07, 6.45) is 10.6. The Hall–Kier alpha value is -1.14. The zero-order chi connectivity index (χ0) is 18.2. The van der Waals surface area contributed by atoms with E-state index in [2.05, 4.69) is 10.2 Å². The quantitative estimate of drug-likeness (QED) is 0.825. The van der Waals surface area contributed by atoms with Crippen molar-refractivity contribution < 1.29 is 14.3 Å². The second-order valence-electron chi connectivity index (χ2n) is 8.12. The zero-order valence-electron chi connectivity index (χ0n) is 16.1. The molecule has 0 spiro atoms. The van der Waals surface area contributed by atoms with Crippen molar-refractivity contribution in [1.82, 2.24) is 15.1 Å². The van der Waals surface area contributed by atoms with Crippen LogP contribution in [0.25, 0.3) is 0 Å². The van der Waals surface area contributed by atoms with Gasteiger partial charge in [-0.2, -0.15) is 0 Å². The Morgan fingerprint density at radius 1 is 0.885 bits per heavy atom. The van der Waals surface area contributed by atoms with Crippen LogP contribution in [-0.4, -0.2) is 73.6 Å². The summed E-state index contributed by atoms with van der Waals surface area (Å²) >= 11 is 0. The van der Waals surface area contributed by atoms with E-state index in [0.717, 1.165) is 32.2 Å². The monoisotopic (exact) mass is 365 g/mol. The normalized spacial score (nSPS) is 26.8. The highest BCUT2D eigenvalue weighted by molar-refractivity contribution is 5.80. The fourth-order valence-corrected chi connectivity index (χ4v) is 4.52. The number of nitrogens with zero attached hydrogens (tertiary/aromatic N) is 2. The number of piperidine rings is 1. The second kappa shape index (κ2) is 10.3. The van der Waals surface area contributed by atoms with E-state index in [-0.39, 0.29) is 17.7 Å². The molecule has 148 valence electrons. The van der Waals surface area contributed by atoms with Crippen molar-refractivity contribution in [2.45, 2.75) is 63.8 Å². The molecule has 0 aromatic carbocycles. The van der Waals surface area contributed by atoms with E-state index in [1.807, 2.05) is 4.90 Å². The molecule has 0 aromatic heterocycles. The third-order valence-corrected chi connectivity index (χ3v) is 6.02. The van der Waals surface area contributed by atoms with Gasteiger partial charge in [0, 0.05) is 25.7 Å². The number of morpholine rings is 1. The van der Waals surface area contributed by atoms with E-state index in [0.29, 0.717) is 45.4 Å². The van der Waals surface area contributed by atoms with E-state index in [9.17, 15) is 9.59 Å². The number of ether oxygens (including phenoxy) is 1. The minimum atomic E-state index is 0.0380. The smallest absolute Gasteiger partial charge is 0.234 e. The van der Waals surface area contributed by atoms with Crippen LogP contribution in [0.3, 0.4) is 0 Å². The standard InChI is InChI=1S/C20H35N3O3/c24-19(21-18-8-4-2-1-3-5-9-18)16-22-10-6-7-17(15-22)20(25)23-11-13-26-14-12-23/h17-18H,1-16H2,(H,21,24). The van der Waals surface area contributed by atoms with Gasteiger partial charge < -0.3 is 15.0 Å². The first-order valence-corrected chi connectivity index (χ1v) is 10.6. The molecular weight excluding hydrogens is 330 g/mol. The molecule has 2 heterocycles. The van der Waals surface area contributed by atoms with Crippen molar-refractivity contribution in [1.29, 1.82) is 0 Å². The topological polar surface area (TPSA) is 61.9 Å². The first kappa shape index (κ1) is 19.6. The predicted octanol–water partition coefficient (Wildman–Crippen LogP) is 1.79. The van der Waals surface area contributed by atoms with E-state index in [4.69, 9.17) is 4.74 Å². The Labute approximate surface area is 157 Å². The third kappa shape index (κ3) is 5.95. The van der Waals surface area contributed by atoms with Crippen LogP contribution in [0.1, 0.15) is 57.8 Å². The highest BCUT2D eigenvalue weighted by Gasteiger charge is 2.30. The maximum absolute atomic E-state index is 12.7. The molecule has 1 N–H and O–H groups in total. The molecular formula is C20H35N3O3. The van der Waals surface area contributed by atoms with Crippen LogP contribution in [0.15, 0.2) is 0 Å². The summed E-state index contributed by atoms with van der Waals surface area (Å²) in [6.45, 7) is 4.77. The summed E-state index contributed by atoms with van der Waals surface area (Å²) in [5.74, 6) is 0.421. The van der Waals surface area contributed by atoms with Gasteiger partial charge in [-0.3, -0.25) is 14.5 Å². The molecule has 1 aliphatic carbocycles. The Morgan fingerprint density at radius 2 is 1.58 bits per heavy atom. The fraction of sp³-hybridized carbons (Fsp3) is 0.900. The van der Waals surface area contributed by atoms with Crippen LogP contribution in [0.4, 0.5) is 0 Å². The summed E-state index contributed by atoms with van der Waals surface area (Å²) < 4.78 is 5.34. The van der Waals surface area contributed by atoms with Crippen LogP contribution < -0.4 is 5.32 Å². The number of carbonyl (C=O) groups is 2. The molecule has 1 atom stereocenters. The van der Waals surface area contributed by atoms with Crippen molar-refractivity contribution in [2.75, 3.05) is 45.9 Å². The van der Waals surface area contributed by atoms with Gasteiger partial charge in [0.05, 0.1) is 25.7 Å². The van der Waals surface area contributed by atoms with Gasteiger partial charge >= 0.3 is 0 Å². The van der Waals surface area contributed by atoms with Gasteiger partial charge in [-0.1, -0.05) is 32.1 Å². The van der Waals surface area contributed by atoms with Crippen molar-refractivity contribution in [2.24, 2.45) is 5.92 Å².